The molecule has 8 heteroatoms. The van der Waals surface area contributed by atoms with Gasteiger partial charge >= 0.3 is 0 Å². The highest BCUT2D eigenvalue weighted by molar-refractivity contribution is 7.07. The van der Waals surface area contributed by atoms with Gasteiger partial charge in [0.05, 0.1) is 34.4 Å². The number of amides is 1. The van der Waals surface area contributed by atoms with Crippen LogP contribution in [0.1, 0.15) is 29.7 Å². The van der Waals surface area contributed by atoms with E-state index in [0.717, 1.165) is 16.7 Å². The normalized spacial score (nSPS) is 15.7. The van der Waals surface area contributed by atoms with Crippen molar-refractivity contribution in [3.05, 3.63) is 120 Å². The van der Waals surface area contributed by atoms with Crippen LogP contribution in [-0.4, -0.2) is 10.5 Å². The number of halogens is 1. The zero-order valence-electron chi connectivity index (χ0n) is 18.4. The Morgan fingerprint density at radius 3 is 2.62 bits per heavy atom. The molecule has 2 aromatic heterocycles. The molecule has 1 aliphatic heterocycles. The minimum Gasteiger partial charge on any atom is -0.472 e. The highest BCUT2D eigenvalue weighted by Gasteiger charge is 2.32. The number of fused-ring (bicyclic) bond motifs is 1. The Morgan fingerprint density at radius 2 is 1.91 bits per heavy atom. The summed E-state index contributed by atoms with van der Waals surface area (Å²) in [6.07, 6.45) is 4.89. The van der Waals surface area contributed by atoms with Crippen molar-refractivity contribution >= 4 is 40.6 Å². The van der Waals surface area contributed by atoms with E-state index >= 15 is 0 Å². The Balaban J connectivity index is 1.68. The number of hydrogen-bond donors (Lipinski definition) is 1. The lowest BCUT2D eigenvalue weighted by Crippen LogP contribution is -2.40. The lowest BCUT2D eigenvalue weighted by molar-refractivity contribution is -0.113. The molecule has 0 radical (unpaired) electrons. The Morgan fingerprint density at radius 1 is 1.15 bits per heavy atom. The highest BCUT2D eigenvalue weighted by atomic mass is 35.5. The molecule has 0 aliphatic carbocycles. The summed E-state index contributed by atoms with van der Waals surface area (Å²) >= 11 is 7.41. The molecule has 0 fully saturated rings. The van der Waals surface area contributed by atoms with Crippen LogP contribution in [0.15, 0.2) is 92.6 Å². The summed E-state index contributed by atoms with van der Waals surface area (Å²) in [4.78, 5) is 32.3. The monoisotopic (exact) mass is 489 g/mol. The van der Waals surface area contributed by atoms with E-state index in [1.807, 2.05) is 43.3 Å². The number of hydrogen-bond acceptors (Lipinski definition) is 5. The first-order valence-corrected chi connectivity index (χ1v) is 11.8. The molecule has 0 spiro atoms. The molecule has 6 nitrogen and oxygen atoms in total. The second-order valence-corrected chi connectivity index (χ2v) is 9.40. The predicted molar refractivity (Wildman–Crippen MR) is 134 cm³/mol. The van der Waals surface area contributed by atoms with Gasteiger partial charge in [-0.3, -0.25) is 14.2 Å². The molecule has 1 aliphatic rings. The molecule has 4 aromatic rings. The maximum absolute atomic E-state index is 13.6. The largest absolute Gasteiger partial charge is 0.472 e. The van der Waals surface area contributed by atoms with Gasteiger partial charge in [-0.25, -0.2) is 4.99 Å². The first kappa shape index (κ1) is 22.1. The van der Waals surface area contributed by atoms with Gasteiger partial charge in [0.15, 0.2) is 4.80 Å². The van der Waals surface area contributed by atoms with Crippen molar-refractivity contribution in [2.45, 2.75) is 19.9 Å². The number of furan rings is 1. The van der Waals surface area contributed by atoms with E-state index in [4.69, 9.17) is 16.0 Å². The van der Waals surface area contributed by atoms with Gasteiger partial charge in [-0.15, -0.1) is 0 Å². The Kier molecular flexibility index (Phi) is 5.81. The van der Waals surface area contributed by atoms with Gasteiger partial charge in [-0.05, 0) is 55.3 Å². The molecule has 170 valence electrons. The molecular weight excluding hydrogens is 470 g/mol. The maximum Gasteiger partial charge on any atom is 0.271 e. The SMILES string of the molecule is CC1=C(C(=O)Nc2ccccc2C)[C@@H](c2ccc(Cl)cc2)n2c(s/c(=C/c3ccoc3)c2=O)=N1. The first-order chi connectivity index (χ1) is 16.4. The van der Waals surface area contributed by atoms with Gasteiger partial charge in [0, 0.05) is 16.3 Å². The smallest absolute Gasteiger partial charge is 0.271 e. The summed E-state index contributed by atoms with van der Waals surface area (Å²) in [5, 5.41) is 3.57. The molecule has 2 aromatic carbocycles. The number of para-hydroxylation sites is 1. The van der Waals surface area contributed by atoms with E-state index in [1.54, 1.807) is 48.3 Å². The zero-order chi connectivity index (χ0) is 23.8. The molecule has 5 rings (SSSR count). The fourth-order valence-corrected chi connectivity index (χ4v) is 5.16. The summed E-state index contributed by atoms with van der Waals surface area (Å²) in [6.45, 7) is 3.72. The van der Waals surface area contributed by atoms with Crippen molar-refractivity contribution in [2.24, 2.45) is 4.99 Å². The minimum absolute atomic E-state index is 0.224. The van der Waals surface area contributed by atoms with Gasteiger partial charge in [-0.2, -0.15) is 0 Å². The number of rotatable bonds is 4. The van der Waals surface area contributed by atoms with Crippen LogP contribution in [-0.2, 0) is 4.79 Å². The number of anilines is 1. The van der Waals surface area contributed by atoms with Gasteiger partial charge < -0.3 is 9.73 Å². The van der Waals surface area contributed by atoms with E-state index in [1.165, 1.54) is 11.3 Å². The van der Waals surface area contributed by atoms with Gasteiger partial charge in [0.1, 0.15) is 0 Å². The number of carbonyl (C=O) groups excluding carboxylic acids is 1. The van der Waals surface area contributed by atoms with Crippen LogP contribution in [0.2, 0.25) is 5.02 Å². The topological polar surface area (TPSA) is 76.6 Å². The number of thiazole rings is 1. The average molecular weight is 490 g/mol. The first-order valence-electron chi connectivity index (χ1n) is 10.6. The quantitative estimate of drug-likeness (QED) is 0.460. The van der Waals surface area contributed by atoms with Crippen LogP contribution < -0.4 is 20.2 Å². The van der Waals surface area contributed by atoms with Crippen LogP contribution in [0, 0.1) is 6.92 Å². The van der Waals surface area contributed by atoms with Crippen molar-refractivity contribution in [2.75, 3.05) is 5.32 Å². The molecule has 1 atom stereocenters. The number of nitrogens with one attached hydrogen (secondary N) is 1. The van der Waals surface area contributed by atoms with E-state index in [-0.39, 0.29) is 11.5 Å². The minimum atomic E-state index is -0.649. The second kappa shape index (κ2) is 8.93. The Bertz CT molecular complexity index is 1600. The summed E-state index contributed by atoms with van der Waals surface area (Å²) in [7, 11) is 0. The van der Waals surface area contributed by atoms with Crippen LogP contribution >= 0.6 is 22.9 Å². The zero-order valence-corrected chi connectivity index (χ0v) is 20.0. The van der Waals surface area contributed by atoms with Crippen molar-refractivity contribution in [3.8, 4) is 0 Å². The molecule has 1 N–H and O–H groups in total. The average Bonchev–Trinajstić information content (AvgIpc) is 3.43. The van der Waals surface area contributed by atoms with Crippen LogP contribution in [0.25, 0.3) is 6.08 Å². The van der Waals surface area contributed by atoms with E-state index in [2.05, 4.69) is 10.3 Å². The van der Waals surface area contributed by atoms with Crippen molar-refractivity contribution in [1.29, 1.82) is 0 Å². The predicted octanol–water partition coefficient (Wildman–Crippen LogP) is 4.43. The summed E-state index contributed by atoms with van der Waals surface area (Å²) < 4.78 is 7.22. The van der Waals surface area contributed by atoms with Gasteiger partial charge in [-0.1, -0.05) is 53.3 Å². The molecule has 3 heterocycles. The van der Waals surface area contributed by atoms with Crippen LogP contribution in [0.5, 0.6) is 0 Å². The number of allylic oxidation sites excluding steroid dienone is 1. The lowest BCUT2D eigenvalue weighted by Gasteiger charge is -2.25. The van der Waals surface area contributed by atoms with Crippen molar-refractivity contribution < 1.29 is 9.21 Å². The number of aryl methyl sites for hydroxylation is 1. The fourth-order valence-electron chi connectivity index (χ4n) is 3.98. The molecule has 0 unspecified atom stereocenters. The van der Waals surface area contributed by atoms with E-state index < -0.39 is 6.04 Å². The molecule has 1 amide bonds. The van der Waals surface area contributed by atoms with E-state index in [0.29, 0.717) is 31.3 Å². The van der Waals surface area contributed by atoms with Gasteiger partial charge in [0.25, 0.3) is 11.5 Å². The molecule has 0 saturated heterocycles. The Hall–Kier alpha value is -3.68. The molecular formula is C26H20ClN3O3S. The lowest BCUT2D eigenvalue weighted by atomic mass is 9.95. The van der Waals surface area contributed by atoms with Crippen molar-refractivity contribution in [3.63, 3.8) is 0 Å². The molecule has 0 bridgehead atoms. The fraction of sp³-hybridized carbons (Fsp3) is 0.115. The van der Waals surface area contributed by atoms with Crippen LogP contribution in [0.3, 0.4) is 0 Å². The molecule has 34 heavy (non-hydrogen) atoms. The maximum atomic E-state index is 13.6. The third kappa shape index (κ3) is 4.04. The molecule has 0 saturated carbocycles. The van der Waals surface area contributed by atoms with Crippen molar-refractivity contribution in [1.82, 2.24) is 4.57 Å². The number of aromatic nitrogens is 1. The Labute approximate surface area is 204 Å². The third-order valence-corrected chi connectivity index (χ3v) is 6.92. The second-order valence-electron chi connectivity index (χ2n) is 7.96. The summed E-state index contributed by atoms with van der Waals surface area (Å²) in [5.74, 6) is -0.306. The number of nitrogens with zero attached hydrogens (tertiary/aromatic N) is 2. The van der Waals surface area contributed by atoms with E-state index in [9.17, 15) is 9.59 Å². The van der Waals surface area contributed by atoms with Crippen LogP contribution in [0.4, 0.5) is 5.69 Å². The third-order valence-electron chi connectivity index (χ3n) is 5.69. The number of benzene rings is 2. The number of carbonyl (C=O) groups is 1. The summed E-state index contributed by atoms with van der Waals surface area (Å²) in [6, 6.07) is 15.9. The van der Waals surface area contributed by atoms with Gasteiger partial charge in [0.2, 0.25) is 0 Å². The standard InChI is InChI=1S/C26H20ClN3O3S/c1-15-5-3-4-6-20(15)29-24(31)22-16(2)28-26-30(23(22)18-7-9-19(27)10-8-18)25(32)21(34-26)13-17-11-12-33-14-17/h3-14,23H,1-2H3,(H,29,31)/b21-13+/t23-/m1/s1. The summed E-state index contributed by atoms with van der Waals surface area (Å²) in [5.41, 5.74) is 3.94. The highest BCUT2D eigenvalue weighted by Crippen LogP contribution is 2.31.